The van der Waals surface area contributed by atoms with Gasteiger partial charge in [0.15, 0.2) is 11.5 Å². The molecule has 11 heteroatoms. The molecule has 2 fully saturated rings. The maximum Gasteiger partial charge on any atom is 0.410 e. The lowest BCUT2D eigenvalue weighted by atomic mass is 10.0. The molecule has 10 nitrogen and oxygen atoms in total. The number of benzene rings is 1. The number of rotatable bonds is 5. The van der Waals surface area contributed by atoms with Crippen molar-refractivity contribution in [3.05, 3.63) is 53.9 Å². The van der Waals surface area contributed by atoms with E-state index in [9.17, 15) is 14.0 Å². The number of aromatic nitrogens is 4. The summed E-state index contributed by atoms with van der Waals surface area (Å²) in [5.74, 6) is -0.878. The smallest absolute Gasteiger partial charge is 0.410 e. The molecule has 0 unspecified atom stereocenters. The summed E-state index contributed by atoms with van der Waals surface area (Å²) in [5, 5.41) is 8.30. The van der Waals surface area contributed by atoms with Gasteiger partial charge in [-0.15, -0.1) is 0 Å². The van der Waals surface area contributed by atoms with Crippen LogP contribution in [0.5, 0.6) is 0 Å². The van der Waals surface area contributed by atoms with Crippen molar-refractivity contribution in [2.45, 2.75) is 71.1 Å². The number of carbonyl (C=O) groups excluding carboxylic acids is 2. The van der Waals surface area contributed by atoms with Crippen molar-refractivity contribution in [1.29, 1.82) is 0 Å². The lowest BCUT2D eigenvalue weighted by molar-refractivity contribution is 0.0114. The molecule has 4 aromatic rings. The minimum absolute atomic E-state index is 0.139. The van der Waals surface area contributed by atoms with Crippen LogP contribution < -0.4 is 10.2 Å². The topological polar surface area (TPSA) is 97.0 Å². The van der Waals surface area contributed by atoms with Gasteiger partial charge >= 0.3 is 6.09 Å². The van der Waals surface area contributed by atoms with Gasteiger partial charge in [-0.2, -0.15) is 5.10 Å². The summed E-state index contributed by atoms with van der Waals surface area (Å²) in [6.45, 7) is 9.04. The van der Waals surface area contributed by atoms with Gasteiger partial charge in [0.2, 0.25) is 0 Å². The zero-order valence-electron chi connectivity index (χ0n) is 24.1. The number of amides is 2. The fourth-order valence-corrected chi connectivity index (χ4v) is 5.76. The number of aryl methyl sites for hydroxylation is 2. The van der Waals surface area contributed by atoms with Crippen LogP contribution in [0.3, 0.4) is 0 Å². The Morgan fingerprint density at radius 2 is 1.78 bits per heavy atom. The largest absolute Gasteiger partial charge is 0.444 e. The average Bonchev–Trinajstić information content (AvgIpc) is 3.51. The molecule has 1 saturated heterocycles. The molecule has 6 rings (SSSR count). The molecule has 2 aliphatic rings. The molecule has 1 saturated carbocycles. The highest BCUT2D eigenvalue weighted by atomic mass is 19.1. The normalized spacial score (nSPS) is 16.4. The maximum atomic E-state index is 14.6. The SMILES string of the molecule is Cc1cn2cc(NC(=O)c3ccc(N4CCC(N(C(=O)OC(C)(C)C)C5CC5)CC4)c4cn(C)nc34)cc(F)c2n1. The minimum atomic E-state index is -0.523. The Hall–Kier alpha value is -4.15. The third-order valence-electron chi connectivity index (χ3n) is 7.64. The standard InChI is InChI=1S/C30H36FN7O3/c1-18-15-37-16-19(14-24(31)27(37)32-18)33-28(39)22-8-9-25(23-17-35(5)34-26(22)23)36-12-10-21(11-13-36)38(20-6-7-20)29(40)41-30(2,3)4/h8-9,14-17,20-21H,6-7,10-13H2,1-5H3,(H,33,39). The highest BCUT2D eigenvalue weighted by molar-refractivity contribution is 6.13. The molecule has 1 aromatic carbocycles. The predicted molar refractivity (Wildman–Crippen MR) is 155 cm³/mol. The number of hydrogen-bond acceptors (Lipinski definition) is 6. The highest BCUT2D eigenvalue weighted by Gasteiger charge is 2.41. The van der Waals surface area contributed by atoms with Gasteiger partial charge in [0.25, 0.3) is 5.91 Å². The molecule has 1 aliphatic heterocycles. The van der Waals surface area contributed by atoms with Crippen molar-refractivity contribution in [3.8, 4) is 0 Å². The zero-order chi connectivity index (χ0) is 29.1. The number of halogens is 1. The second-order valence-electron chi connectivity index (χ2n) is 12.2. The van der Waals surface area contributed by atoms with Gasteiger partial charge in [-0.25, -0.2) is 14.2 Å². The molecular weight excluding hydrogens is 525 g/mol. The first-order valence-corrected chi connectivity index (χ1v) is 14.2. The monoisotopic (exact) mass is 561 g/mol. The zero-order valence-corrected chi connectivity index (χ0v) is 24.1. The molecular formula is C30H36FN7O3. The van der Waals surface area contributed by atoms with Gasteiger partial charge < -0.3 is 24.3 Å². The third kappa shape index (κ3) is 5.45. The first kappa shape index (κ1) is 27.0. The molecule has 4 heterocycles. The van der Waals surface area contributed by atoms with E-state index in [-0.39, 0.29) is 29.7 Å². The van der Waals surface area contributed by atoms with Crippen LogP contribution in [0, 0.1) is 12.7 Å². The fourth-order valence-electron chi connectivity index (χ4n) is 5.76. The number of nitrogens with one attached hydrogen (secondary N) is 1. The van der Waals surface area contributed by atoms with E-state index >= 15 is 0 Å². The van der Waals surface area contributed by atoms with Crippen molar-refractivity contribution < 1.29 is 18.7 Å². The van der Waals surface area contributed by atoms with E-state index in [1.54, 1.807) is 34.5 Å². The summed E-state index contributed by atoms with van der Waals surface area (Å²) in [6, 6.07) is 5.42. The van der Waals surface area contributed by atoms with E-state index in [1.165, 1.54) is 6.07 Å². The van der Waals surface area contributed by atoms with E-state index in [0.717, 1.165) is 49.8 Å². The number of hydrogen-bond donors (Lipinski definition) is 1. The second-order valence-corrected chi connectivity index (χ2v) is 12.2. The number of anilines is 2. The molecule has 1 aliphatic carbocycles. The van der Waals surface area contributed by atoms with Crippen molar-refractivity contribution >= 4 is 39.9 Å². The number of piperidine rings is 1. The van der Waals surface area contributed by atoms with Gasteiger partial charge in [-0.05, 0) is 65.5 Å². The van der Waals surface area contributed by atoms with Crippen molar-refractivity contribution in [2.24, 2.45) is 7.05 Å². The van der Waals surface area contributed by atoms with E-state index in [4.69, 9.17) is 4.74 Å². The summed E-state index contributed by atoms with van der Waals surface area (Å²) in [5.41, 5.74) is 2.70. The van der Waals surface area contributed by atoms with E-state index in [0.29, 0.717) is 22.5 Å². The van der Waals surface area contributed by atoms with E-state index in [1.807, 2.05) is 45.0 Å². The van der Waals surface area contributed by atoms with Gasteiger partial charge in [0.1, 0.15) is 11.1 Å². The molecule has 1 N–H and O–H groups in total. The van der Waals surface area contributed by atoms with Crippen molar-refractivity contribution in [3.63, 3.8) is 0 Å². The Kier molecular flexibility index (Phi) is 6.62. The Morgan fingerprint density at radius 1 is 1.07 bits per heavy atom. The first-order valence-electron chi connectivity index (χ1n) is 14.2. The molecule has 0 bridgehead atoms. The molecule has 3 aromatic heterocycles. The van der Waals surface area contributed by atoms with Crippen LogP contribution >= 0.6 is 0 Å². The molecule has 41 heavy (non-hydrogen) atoms. The number of fused-ring (bicyclic) bond motifs is 2. The number of carbonyl (C=O) groups is 2. The Bertz CT molecular complexity index is 1640. The number of imidazole rings is 1. The van der Waals surface area contributed by atoms with E-state index in [2.05, 4.69) is 20.3 Å². The molecule has 0 radical (unpaired) electrons. The van der Waals surface area contributed by atoms with Gasteiger partial charge in [-0.1, -0.05) is 0 Å². The maximum absolute atomic E-state index is 14.6. The van der Waals surface area contributed by atoms with Crippen LogP contribution in [-0.2, 0) is 11.8 Å². The molecule has 216 valence electrons. The average molecular weight is 562 g/mol. The summed E-state index contributed by atoms with van der Waals surface area (Å²) in [7, 11) is 1.83. The Morgan fingerprint density at radius 3 is 2.46 bits per heavy atom. The highest BCUT2D eigenvalue weighted by Crippen LogP contribution is 2.36. The second kappa shape index (κ2) is 10.0. The minimum Gasteiger partial charge on any atom is -0.444 e. The molecule has 0 spiro atoms. The lowest BCUT2D eigenvalue weighted by Gasteiger charge is -2.40. The Balaban J connectivity index is 1.20. The van der Waals surface area contributed by atoms with Crippen LogP contribution in [0.1, 0.15) is 62.5 Å². The number of nitrogens with zero attached hydrogens (tertiary/aromatic N) is 6. The van der Waals surface area contributed by atoms with E-state index < -0.39 is 11.4 Å². The van der Waals surface area contributed by atoms with Crippen molar-refractivity contribution in [1.82, 2.24) is 24.1 Å². The third-order valence-corrected chi connectivity index (χ3v) is 7.64. The lowest BCUT2D eigenvalue weighted by Crippen LogP contribution is -2.50. The van der Waals surface area contributed by atoms with Gasteiger partial charge in [-0.3, -0.25) is 9.48 Å². The van der Waals surface area contributed by atoms with Crippen LogP contribution in [0.4, 0.5) is 20.6 Å². The van der Waals surface area contributed by atoms with Gasteiger partial charge in [0, 0.05) is 68.0 Å². The van der Waals surface area contributed by atoms with Crippen LogP contribution in [0.2, 0.25) is 0 Å². The van der Waals surface area contributed by atoms with Crippen LogP contribution in [0.25, 0.3) is 16.6 Å². The number of ether oxygens (including phenoxy) is 1. The van der Waals surface area contributed by atoms with Crippen molar-refractivity contribution in [2.75, 3.05) is 23.3 Å². The summed E-state index contributed by atoms with van der Waals surface area (Å²) >= 11 is 0. The fraction of sp³-hybridized carbons (Fsp3) is 0.467. The summed E-state index contributed by atoms with van der Waals surface area (Å²) in [6.07, 6.45) is 8.79. The predicted octanol–water partition coefficient (Wildman–Crippen LogP) is 5.29. The van der Waals surface area contributed by atoms with Crippen LogP contribution in [0.15, 0.2) is 36.8 Å². The summed E-state index contributed by atoms with van der Waals surface area (Å²) in [4.78, 5) is 34.8. The molecule has 0 atom stereocenters. The first-order chi connectivity index (χ1) is 19.5. The van der Waals surface area contributed by atoms with Gasteiger partial charge in [0.05, 0.1) is 16.9 Å². The Labute approximate surface area is 238 Å². The quantitative estimate of drug-likeness (QED) is 0.356. The summed E-state index contributed by atoms with van der Waals surface area (Å²) < 4.78 is 23.6. The molecule has 2 amide bonds. The number of pyridine rings is 1. The van der Waals surface area contributed by atoms with Crippen LogP contribution in [-0.4, -0.2) is 66.8 Å².